The van der Waals surface area contributed by atoms with E-state index >= 15 is 0 Å². The van der Waals surface area contributed by atoms with Gasteiger partial charge in [-0.25, -0.2) is 9.48 Å². The van der Waals surface area contributed by atoms with Crippen LogP contribution in [-0.2, 0) is 16.1 Å². The molecule has 8 nitrogen and oxygen atoms in total. The minimum absolute atomic E-state index is 0.399. The Morgan fingerprint density at radius 2 is 1.94 bits per heavy atom. The van der Waals surface area contributed by atoms with Crippen molar-refractivity contribution in [3.8, 4) is 11.5 Å². The summed E-state index contributed by atoms with van der Waals surface area (Å²) in [5.41, 5.74) is 2.94. The van der Waals surface area contributed by atoms with Gasteiger partial charge in [0.15, 0.2) is 11.5 Å². The molecule has 3 aromatic rings. The Balaban J connectivity index is 1.67. The Morgan fingerprint density at radius 3 is 2.65 bits per heavy atom. The van der Waals surface area contributed by atoms with E-state index in [0.717, 1.165) is 15.6 Å². The Bertz CT molecular complexity index is 1140. The molecular formula is C22H21BrN4O4. The fourth-order valence-corrected chi connectivity index (χ4v) is 3.75. The maximum absolute atomic E-state index is 12.6. The molecule has 0 bridgehead atoms. The van der Waals surface area contributed by atoms with Gasteiger partial charge in [-0.1, -0.05) is 34.1 Å². The van der Waals surface area contributed by atoms with E-state index in [1.807, 2.05) is 49.4 Å². The fraction of sp³-hybridized carbons (Fsp3) is 0.227. The maximum atomic E-state index is 12.6. The molecule has 1 N–H and O–H groups in total. The van der Waals surface area contributed by atoms with E-state index < -0.39 is 12.0 Å². The van der Waals surface area contributed by atoms with Gasteiger partial charge in [-0.05, 0) is 42.3 Å². The molecule has 0 saturated carbocycles. The van der Waals surface area contributed by atoms with Crippen molar-refractivity contribution in [2.75, 3.05) is 19.5 Å². The number of anilines is 1. The van der Waals surface area contributed by atoms with E-state index in [1.54, 1.807) is 11.8 Å². The lowest BCUT2D eigenvalue weighted by molar-refractivity contribution is -0.136. The Labute approximate surface area is 188 Å². The van der Waals surface area contributed by atoms with E-state index in [-0.39, 0.29) is 0 Å². The highest BCUT2D eigenvalue weighted by molar-refractivity contribution is 9.10. The number of benzene rings is 2. The summed E-state index contributed by atoms with van der Waals surface area (Å²) in [6, 6.07) is 13.0. The van der Waals surface area contributed by atoms with Gasteiger partial charge in [0.05, 0.1) is 19.8 Å². The van der Waals surface area contributed by atoms with Gasteiger partial charge in [-0.3, -0.25) is 0 Å². The molecular weight excluding hydrogens is 464 g/mol. The third-order valence-corrected chi connectivity index (χ3v) is 5.54. The van der Waals surface area contributed by atoms with Crippen LogP contribution in [-0.4, -0.2) is 35.0 Å². The van der Waals surface area contributed by atoms with Crippen molar-refractivity contribution in [3.05, 3.63) is 75.7 Å². The number of hydrogen-bond donors (Lipinski definition) is 1. The molecule has 1 aliphatic rings. The predicted molar refractivity (Wildman–Crippen MR) is 118 cm³/mol. The van der Waals surface area contributed by atoms with Crippen LogP contribution >= 0.6 is 15.9 Å². The number of esters is 1. The molecule has 0 fully saturated rings. The number of rotatable bonds is 6. The Kier molecular flexibility index (Phi) is 5.94. The smallest absolute Gasteiger partial charge is 0.338 e. The normalized spacial score (nSPS) is 15.2. The number of carbonyl (C=O) groups excluding carboxylic acids is 1. The second-order valence-electron chi connectivity index (χ2n) is 6.91. The second kappa shape index (κ2) is 8.81. The first-order valence-corrected chi connectivity index (χ1v) is 10.3. The van der Waals surface area contributed by atoms with Gasteiger partial charge in [0.2, 0.25) is 5.95 Å². The average Bonchev–Trinajstić information content (AvgIpc) is 3.25. The van der Waals surface area contributed by atoms with Crippen molar-refractivity contribution >= 4 is 27.8 Å². The molecule has 31 heavy (non-hydrogen) atoms. The van der Waals surface area contributed by atoms with Crippen molar-refractivity contribution in [2.45, 2.75) is 19.6 Å². The van der Waals surface area contributed by atoms with E-state index in [4.69, 9.17) is 14.2 Å². The second-order valence-corrected chi connectivity index (χ2v) is 7.83. The summed E-state index contributed by atoms with van der Waals surface area (Å²) in [5.74, 6) is 1.26. The zero-order chi connectivity index (χ0) is 22.0. The number of halogens is 1. The van der Waals surface area contributed by atoms with Crippen LogP contribution in [0, 0.1) is 0 Å². The number of carbonyl (C=O) groups is 1. The molecule has 2 heterocycles. The van der Waals surface area contributed by atoms with E-state index in [0.29, 0.717) is 35.3 Å². The molecule has 2 aromatic carbocycles. The quantitative estimate of drug-likeness (QED) is 0.527. The van der Waals surface area contributed by atoms with Gasteiger partial charge < -0.3 is 19.5 Å². The highest BCUT2D eigenvalue weighted by Crippen LogP contribution is 2.39. The van der Waals surface area contributed by atoms with Crippen LogP contribution in [0.1, 0.15) is 24.1 Å². The van der Waals surface area contributed by atoms with Gasteiger partial charge in [0.1, 0.15) is 19.0 Å². The van der Waals surface area contributed by atoms with Crippen molar-refractivity contribution in [2.24, 2.45) is 0 Å². The first kappa shape index (κ1) is 20.9. The number of allylic oxidation sites excluding steroid dienone is 1. The summed E-state index contributed by atoms with van der Waals surface area (Å²) in [6.07, 6.45) is 1.44. The third kappa shape index (κ3) is 4.13. The molecule has 0 spiro atoms. The van der Waals surface area contributed by atoms with E-state index in [9.17, 15) is 4.79 Å². The number of aromatic nitrogens is 3. The topological polar surface area (TPSA) is 87.5 Å². The van der Waals surface area contributed by atoms with E-state index in [2.05, 4.69) is 31.3 Å². The molecule has 0 radical (unpaired) electrons. The summed E-state index contributed by atoms with van der Waals surface area (Å²) in [7, 11) is 2.94. The summed E-state index contributed by atoms with van der Waals surface area (Å²) in [6.45, 7) is 2.21. The standard InChI is InChI=1S/C22H21BrN4O4/c1-13-19(21(28)30-3)20(27-22(26-13)24-12-25-27)15-6-9-17(18(10-15)29-2)31-11-14-4-7-16(23)8-5-14/h4-10,12,20H,11H2,1-3H3,(H,24,25,26). The van der Waals surface area contributed by atoms with Crippen LogP contribution in [0.4, 0.5) is 5.95 Å². The van der Waals surface area contributed by atoms with Crippen LogP contribution < -0.4 is 14.8 Å². The maximum Gasteiger partial charge on any atom is 0.338 e. The van der Waals surface area contributed by atoms with Gasteiger partial charge in [0.25, 0.3) is 0 Å². The molecule has 4 rings (SSSR count). The largest absolute Gasteiger partial charge is 0.493 e. The highest BCUT2D eigenvalue weighted by Gasteiger charge is 2.34. The first-order chi connectivity index (χ1) is 15.0. The SMILES string of the molecule is COC(=O)C1=C(C)Nc2ncnn2C1c1ccc(OCc2ccc(Br)cc2)c(OC)c1. The lowest BCUT2D eigenvalue weighted by Gasteiger charge is -2.28. The predicted octanol–water partition coefficient (Wildman–Crippen LogP) is 4.09. The van der Waals surface area contributed by atoms with Gasteiger partial charge in [-0.2, -0.15) is 10.1 Å². The van der Waals surface area contributed by atoms with Crippen LogP contribution in [0.15, 0.2) is 64.5 Å². The van der Waals surface area contributed by atoms with Crippen LogP contribution in [0.25, 0.3) is 0 Å². The first-order valence-electron chi connectivity index (χ1n) is 9.52. The summed E-state index contributed by atoms with van der Waals surface area (Å²) < 4.78 is 19.2. The summed E-state index contributed by atoms with van der Waals surface area (Å²) in [4.78, 5) is 16.8. The number of methoxy groups -OCH3 is 2. The molecule has 1 aromatic heterocycles. The molecule has 1 atom stereocenters. The monoisotopic (exact) mass is 484 g/mol. The Hall–Kier alpha value is -3.33. The zero-order valence-electron chi connectivity index (χ0n) is 17.3. The molecule has 0 saturated heterocycles. The summed E-state index contributed by atoms with van der Waals surface area (Å²) in [5, 5.41) is 7.40. The number of nitrogens with one attached hydrogen (secondary N) is 1. The average molecular weight is 485 g/mol. The molecule has 9 heteroatoms. The minimum atomic E-state index is -0.513. The Morgan fingerprint density at radius 1 is 1.16 bits per heavy atom. The van der Waals surface area contributed by atoms with Crippen molar-refractivity contribution in [1.29, 1.82) is 0 Å². The number of nitrogens with zero attached hydrogens (tertiary/aromatic N) is 3. The number of ether oxygens (including phenoxy) is 3. The summed E-state index contributed by atoms with van der Waals surface area (Å²) >= 11 is 3.43. The van der Waals surface area contributed by atoms with Gasteiger partial charge in [-0.15, -0.1) is 0 Å². The van der Waals surface area contributed by atoms with Crippen LogP contribution in [0.5, 0.6) is 11.5 Å². The molecule has 160 valence electrons. The molecule has 1 aliphatic heterocycles. The van der Waals surface area contributed by atoms with Gasteiger partial charge >= 0.3 is 5.97 Å². The van der Waals surface area contributed by atoms with Gasteiger partial charge in [0, 0.05) is 10.2 Å². The molecule has 1 unspecified atom stereocenters. The number of fused-ring (bicyclic) bond motifs is 1. The number of hydrogen-bond acceptors (Lipinski definition) is 7. The lowest BCUT2D eigenvalue weighted by Crippen LogP contribution is -2.29. The third-order valence-electron chi connectivity index (χ3n) is 5.01. The van der Waals surface area contributed by atoms with Crippen LogP contribution in [0.3, 0.4) is 0 Å². The van der Waals surface area contributed by atoms with E-state index in [1.165, 1.54) is 13.4 Å². The van der Waals surface area contributed by atoms with Crippen molar-refractivity contribution < 1.29 is 19.0 Å². The molecule has 0 amide bonds. The van der Waals surface area contributed by atoms with Crippen LogP contribution in [0.2, 0.25) is 0 Å². The van der Waals surface area contributed by atoms with Crippen molar-refractivity contribution in [1.82, 2.24) is 14.8 Å². The molecule has 0 aliphatic carbocycles. The van der Waals surface area contributed by atoms with Crippen molar-refractivity contribution in [3.63, 3.8) is 0 Å². The lowest BCUT2D eigenvalue weighted by atomic mass is 9.95. The highest BCUT2D eigenvalue weighted by atomic mass is 79.9. The minimum Gasteiger partial charge on any atom is -0.493 e. The fourth-order valence-electron chi connectivity index (χ4n) is 3.49. The zero-order valence-corrected chi connectivity index (χ0v) is 18.8.